The molecule has 0 fully saturated rings. The molecule has 0 spiro atoms. The van der Waals surface area contributed by atoms with E-state index in [0.29, 0.717) is 3.67 Å². The first-order valence-electron chi connectivity index (χ1n) is 9.94. The van der Waals surface area contributed by atoms with Gasteiger partial charge in [0.2, 0.25) is 0 Å². The average molecular weight is 585 g/mol. The van der Waals surface area contributed by atoms with Gasteiger partial charge < -0.3 is 24.8 Å². The normalized spacial score (nSPS) is 18.4. The van der Waals surface area contributed by atoms with Crippen molar-refractivity contribution in [1.29, 1.82) is 0 Å². The molecule has 0 amide bonds. The van der Waals surface area contributed by atoms with E-state index in [9.17, 15) is 0 Å². The fourth-order valence-corrected chi connectivity index (χ4v) is 10.7. The predicted octanol–water partition coefficient (Wildman–Crippen LogP) is 0.117. The fraction of sp³-hybridized carbons (Fsp3) is 0.200. The van der Waals surface area contributed by atoms with Crippen LogP contribution in [0.1, 0.15) is 38.9 Å². The maximum Gasteiger partial charge on any atom is -1.00 e. The molecule has 0 aliphatic heterocycles. The van der Waals surface area contributed by atoms with Gasteiger partial charge in [0.05, 0.1) is 0 Å². The van der Waals surface area contributed by atoms with Crippen molar-refractivity contribution < 1.29 is 47.7 Å². The standard InChI is InChI=1S/C20H16N.C5H5.2ClH.Hf/c1-2-7-15-13-16(12-14(15)6-1)21-19-10-4-3-8-17(19)18-9-5-11-20(18)21;1-2-4-5-3-1;;;/h1-4,6-8,10,12-13H,5,9,11H2;1-3H,4H2;2*1H;/q;;;;+2/p-2. The first-order chi connectivity index (χ1) is 13.4. The van der Waals surface area contributed by atoms with Gasteiger partial charge in [-0.1, -0.05) is 0 Å². The molecule has 1 nitrogen and oxygen atoms in total. The summed E-state index contributed by atoms with van der Waals surface area (Å²) in [5, 5.41) is 1.48. The van der Waals surface area contributed by atoms with Crippen molar-refractivity contribution in [3.05, 3.63) is 92.5 Å². The number of hydrogen-bond acceptors (Lipinski definition) is 0. The number of fused-ring (bicyclic) bond motifs is 4. The van der Waals surface area contributed by atoms with Crippen molar-refractivity contribution in [2.75, 3.05) is 0 Å². The average Bonchev–Trinajstić information content (AvgIpc) is 3.46. The zero-order valence-electron chi connectivity index (χ0n) is 16.0. The molecule has 0 saturated carbocycles. The van der Waals surface area contributed by atoms with Crippen LogP contribution in [0.2, 0.25) is 0 Å². The van der Waals surface area contributed by atoms with E-state index in [-0.39, 0.29) is 24.8 Å². The summed E-state index contributed by atoms with van der Waals surface area (Å²) in [7, 11) is 0. The number of allylic oxidation sites excluding steroid dienone is 5. The van der Waals surface area contributed by atoms with E-state index in [4.69, 9.17) is 0 Å². The molecule has 0 radical (unpaired) electrons. The molecule has 1 heterocycles. The molecule has 1 aromatic heterocycles. The van der Waals surface area contributed by atoms with Gasteiger partial charge in [0.15, 0.2) is 0 Å². The number of para-hydroxylation sites is 1. The van der Waals surface area contributed by atoms with E-state index in [1.807, 2.05) is 0 Å². The van der Waals surface area contributed by atoms with E-state index in [1.54, 1.807) is 25.8 Å². The van der Waals surface area contributed by atoms with E-state index in [0.717, 1.165) is 0 Å². The second-order valence-electron chi connectivity index (χ2n) is 7.73. The van der Waals surface area contributed by atoms with Gasteiger partial charge in [-0.25, -0.2) is 0 Å². The molecule has 6 rings (SSSR count). The summed E-state index contributed by atoms with van der Waals surface area (Å²) >= 11 is -0.990. The molecular formula is C25H21Cl2HfN. The molecule has 0 saturated heterocycles. The van der Waals surface area contributed by atoms with Gasteiger partial charge in [0, 0.05) is 0 Å². The first kappa shape index (κ1) is 20.9. The summed E-state index contributed by atoms with van der Waals surface area (Å²) in [6.07, 6.45) is 14.5. The minimum atomic E-state index is -0.990. The summed E-state index contributed by atoms with van der Waals surface area (Å²) in [6.45, 7) is 0. The summed E-state index contributed by atoms with van der Waals surface area (Å²) in [6, 6.07) is 18.2. The van der Waals surface area contributed by atoms with Crippen LogP contribution in [0.15, 0.2) is 70.1 Å². The Labute approximate surface area is 195 Å². The van der Waals surface area contributed by atoms with Gasteiger partial charge in [-0.05, 0) is 0 Å². The van der Waals surface area contributed by atoms with Crippen LogP contribution in [0.3, 0.4) is 0 Å². The summed E-state index contributed by atoms with van der Waals surface area (Å²) in [5.74, 6) is 0. The van der Waals surface area contributed by atoms with Crippen molar-refractivity contribution in [3.63, 3.8) is 0 Å². The van der Waals surface area contributed by atoms with Crippen LogP contribution in [0, 0.1) is 0 Å². The van der Waals surface area contributed by atoms with Gasteiger partial charge in [-0.15, -0.1) is 0 Å². The van der Waals surface area contributed by atoms with Crippen LogP contribution in [-0.4, -0.2) is 4.57 Å². The Kier molecular flexibility index (Phi) is 6.06. The third kappa shape index (κ3) is 3.34. The largest absolute Gasteiger partial charge is 1.00 e. The van der Waals surface area contributed by atoms with Crippen molar-refractivity contribution in [2.45, 2.75) is 29.4 Å². The Morgan fingerprint density at radius 1 is 0.931 bits per heavy atom. The second-order valence-corrected chi connectivity index (χ2v) is 13.1. The molecule has 3 aliphatic carbocycles. The number of nitrogens with zero attached hydrogens (tertiary/aromatic N) is 1. The minimum absolute atomic E-state index is 0. The van der Waals surface area contributed by atoms with Gasteiger partial charge in [0.25, 0.3) is 0 Å². The number of aryl methyl sites for hydroxylation is 1. The number of rotatable bonds is 3. The smallest absolute Gasteiger partial charge is 1.00 e. The molecule has 0 N–H and O–H groups in total. The van der Waals surface area contributed by atoms with Crippen LogP contribution >= 0.6 is 0 Å². The Morgan fingerprint density at radius 2 is 1.76 bits per heavy atom. The van der Waals surface area contributed by atoms with Crippen LogP contribution in [0.25, 0.3) is 22.7 Å². The Balaban J connectivity index is 0.00000102. The predicted molar refractivity (Wildman–Crippen MR) is 109 cm³/mol. The first-order valence-corrected chi connectivity index (χ1v) is 13.8. The topological polar surface area (TPSA) is 4.93 Å². The number of aromatic nitrogens is 1. The Morgan fingerprint density at radius 3 is 2.62 bits per heavy atom. The van der Waals surface area contributed by atoms with Crippen LogP contribution in [0.5, 0.6) is 0 Å². The molecule has 1 atom stereocenters. The maximum absolute atomic E-state index is 2.66. The molecule has 4 heteroatoms. The quantitative estimate of drug-likeness (QED) is 0.386. The number of hydrogen-bond donors (Lipinski definition) is 0. The molecule has 0 bridgehead atoms. The zero-order chi connectivity index (χ0) is 17.8. The van der Waals surface area contributed by atoms with Crippen LogP contribution < -0.4 is 24.8 Å². The Bertz CT molecular complexity index is 1170. The van der Waals surface area contributed by atoms with Crippen molar-refractivity contribution in [1.82, 2.24) is 4.57 Å². The number of halogens is 2. The number of benzene rings is 2. The molecule has 3 aliphatic rings. The van der Waals surface area contributed by atoms with Crippen molar-refractivity contribution in [2.24, 2.45) is 0 Å². The Hall–Kier alpha value is -1.35. The van der Waals surface area contributed by atoms with E-state index >= 15 is 0 Å². The van der Waals surface area contributed by atoms with Crippen molar-refractivity contribution >= 4 is 22.7 Å². The second kappa shape index (κ2) is 8.41. The monoisotopic (exact) mass is 585 g/mol. The zero-order valence-corrected chi connectivity index (χ0v) is 21.1. The maximum atomic E-state index is 2.66. The summed E-state index contributed by atoms with van der Waals surface area (Å²) in [5.41, 5.74) is 9.20. The van der Waals surface area contributed by atoms with E-state index < -0.39 is 22.9 Å². The summed E-state index contributed by atoms with van der Waals surface area (Å²) < 4.78 is 5.06. The molecule has 1 unspecified atom stereocenters. The fourth-order valence-electron chi connectivity index (χ4n) is 5.02. The van der Waals surface area contributed by atoms with E-state index in [2.05, 4.69) is 77.4 Å². The van der Waals surface area contributed by atoms with Crippen LogP contribution in [0.4, 0.5) is 0 Å². The molecule has 29 heavy (non-hydrogen) atoms. The van der Waals surface area contributed by atoms with E-state index in [1.165, 1.54) is 42.1 Å². The van der Waals surface area contributed by atoms with Gasteiger partial charge in [-0.2, -0.15) is 0 Å². The van der Waals surface area contributed by atoms with Gasteiger partial charge in [-0.3, -0.25) is 0 Å². The SMILES string of the molecule is C1=CC[C]([Hf+2][CH]2C(n3c4c(c5ccccc53)CCC4)=Cc3ccccc32)=C1.[Cl-].[Cl-]. The van der Waals surface area contributed by atoms with Gasteiger partial charge in [0.1, 0.15) is 0 Å². The molecule has 3 aromatic rings. The third-order valence-corrected chi connectivity index (χ3v) is 12.1. The molecular weight excluding hydrogens is 564 g/mol. The molecule has 144 valence electrons. The molecule has 2 aromatic carbocycles. The summed E-state index contributed by atoms with van der Waals surface area (Å²) in [4.78, 5) is 0. The van der Waals surface area contributed by atoms with Crippen LogP contribution in [-0.2, 0) is 35.7 Å². The van der Waals surface area contributed by atoms with Gasteiger partial charge >= 0.3 is 172 Å². The minimum Gasteiger partial charge on any atom is -1.00 e. The third-order valence-electron chi connectivity index (χ3n) is 6.19. The van der Waals surface area contributed by atoms with Crippen molar-refractivity contribution in [3.8, 4) is 0 Å².